The summed E-state index contributed by atoms with van der Waals surface area (Å²) in [7, 11) is 1.34. The Hall–Kier alpha value is -4.19. The van der Waals surface area contributed by atoms with Gasteiger partial charge in [-0.2, -0.15) is 13.2 Å². The van der Waals surface area contributed by atoms with Crippen LogP contribution in [-0.2, 0) is 10.3 Å². The van der Waals surface area contributed by atoms with Crippen molar-refractivity contribution >= 4 is 11.8 Å². The van der Waals surface area contributed by atoms with Crippen LogP contribution in [0.4, 0.5) is 17.6 Å². The minimum absolute atomic E-state index is 0.0304. The lowest BCUT2D eigenvalue weighted by molar-refractivity contribution is -0.149. The number of ether oxygens (including phenoxy) is 2. The molecule has 1 aromatic heterocycles. The normalized spacial score (nSPS) is 16.2. The highest BCUT2D eigenvalue weighted by molar-refractivity contribution is 5.95. The van der Waals surface area contributed by atoms with Gasteiger partial charge in [-0.15, -0.1) is 0 Å². The first-order chi connectivity index (χ1) is 19.3. The number of benzene rings is 2. The maximum absolute atomic E-state index is 14.3. The first kappa shape index (κ1) is 29.8. The van der Waals surface area contributed by atoms with E-state index in [-0.39, 0.29) is 34.4 Å². The van der Waals surface area contributed by atoms with E-state index in [0.717, 1.165) is 0 Å². The number of carbonyl (C=O) groups is 2. The second-order valence-electron chi connectivity index (χ2n) is 10.3. The number of rotatable bonds is 9. The summed E-state index contributed by atoms with van der Waals surface area (Å²) < 4.78 is 67.4. The van der Waals surface area contributed by atoms with Crippen LogP contribution in [0.2, 0.25) is 0 Å². The Labute approximate surface area is 234 Å². The second-order valence-corrected chi connectivity index (χ2v) is 10.3. The average Bonchev–Trinajstić information content (AvgIpc) is 3.31. The van der Waals surface area contributed by atoms with E-state index in [1.165, 1.54) is 55.6 Å². The molecule has 1 unspecified atom stereocenters. The topological polar surface area (TPSA) is 116 Å². The molecule has 1 aliphatic rings. The molecule has 41 heavy (non-hydrogen) atoms. The summed E-state index contributed by atoms with van der Waals surface area (Å²) >= 11 is 0. The summed E-state index contributed by atoms with van der Waals surface area (Å²) in [5, 5.41) is 4.99. The van der Waals surface area contributed by atoms with Crippen molar-refractivity contribution in [2.45, 2.75) is 44.0 Å². The van der Waals surface area contributed by atoms with Crippen molar-refractivity contribution in [3.8, 4) is 22.8 Å². The number of methoxy groups -OCH3 is 1. The Morgan fingerprint density at radius 1 is 1.12 bits per heavy atom. The molecule has 4 N–H and O–H groups in total. The van der Waals surface area contributed by atoms with Crippen molar-refractivity contribution in [2.75, 3.05) is 20.2 Å². The van der Waals surface area contributed by atoms with Crippen molar-refractivity contribution in [3.63, 3.8) is 0 Å². The fourth-order valence-electron chi connectivity index (χ4n) is 4.30. The minimum atomic E-state index is -4.77. The van der Waals surface area contributed by atoms with E-state index in [2.05, 4.69) is 15.6 Å². The highest BCUT2D eigenvalue weighted by Crippen LogP contribution is 2.37. The monoisotopic (exact) mass is 574 g/mol. The summed E-state index contributed by atoms with van der Waals surface area (Å²) in [6.07, 6.45) is -5.02. The molecule has 218 valence electrons. The van der Waals surface area contributed by atoms with E-state index in [1.54, 1.807) is 19.9 Å². The molecule has 2 atom stereocenters. The Kier molecular flexibility index (Phi) is 8.52. The molecule has 12 heteroatoms. The summed E-state index contributed by atoms with van der Waals surface area (Å²) in [5.74, 6) is -3.35. The number of pyridine rings is 1. The van der Waals surface area contributed by atoms with Crippen molar-refractivity contribution in [3.05, 3.63) is 77.2 Å². The smallest absolute Gasteiger partial charge is 0.398 e. The third kappa shape index (κ3) is 7.12. The Morgan fingerprint density at radius 3 is 2.41 bits per heavy atom. The van der Waals surface area contributed by atoms with Crippen LogP contribution in [0.5, 0.6) is 11.5 Å². The largest absolute Gasteiger partial charge is 0.493 e. The zero-order valence-corrected chi connectivity index (χ0v) is 22.6. The van der Waals surface area contributed by atoms with Crippen molar-refractivity contribution in [1.82, 2.24) is 15.6 Å². The number of carbonyl (C=O) groups excluding carboxylic acids is 2. The van der Waals surface area contributed by atoms with Gasteiger partial charge in [0.05, 0.1) is 18.5 Å². The maximum Gasteiger partial charge on any atom is 0.398 e. The van der Waals surface area contributed by atoms with Crippen molar-refractivity contribution < 1.29 is 36.6 Å². The molecule has 2 aromatic carbocycles. The molecule has 4 rings (SSSR count). The lowest BCUT2D eigenvalue weighted by Gasteiger charge is -2.25. The van der Waals surface area contributed by atoms with Crippen molar-refractivity contribution in [1.29, 1.82) is 0 Å². The van der Waals surface area contributed by atoms with Gasteiger partial charge in [0, 0.05) is 36.2 Å². The Bertz CT molecular complexity index is 1420. The van der Waals surface area contributed by atoms with Crippen molar-refractivity contribution in [2.24, 2.45) is 5.73 Å². The zero-order chi connectivity index (χ0) is 29.9. The first-order valence-electron chi connectivity index (χ1n) is 12.8. The lowest BCUT2D eigenvalue weighted by Crippen LogP contribution is -2.36. The second kappa shape index (κ2) is 11.7. The Balaban J connectivity index is 1.59. The van der Waals surface area contributed by atoms with Crippen LogP contribution in [0, 0.1) is 5.82 Å². The van der Waals surface area contributed by atoms with Gasteiger partial charge >= 0.3 is 6.18 Å². The molecule has 0 bridgehead atoms. The first-order valence-corrected chi connectivity index (χ1v) is 12.8. The number of nitrogens with one attached hydrogen (secondary N) is 2. The van der Waals surface area contributed by atoms with Crippen LogP contribution < -0.4 is 25.8 Å². The standard InChI is InChI=1S/C29H30F4N4O4/c1-28(2,34)18-13-21(16-4-7-19(30)8-5-16)37-22(14-18)20(29(31,32)33)15-36-26(38)17-6-9-23(25(12-17)40-3)41-24-10-11-35-27(24)39/h4-9,12-14,20,24H,10-11,15,34H2,1-3H3,(H,35,39)(H,36,38)/t20?,24-/m0/s1. The number of alkyl halides is 3. The Morgan fingerprint density at radius 2 is 1.83 bits per heavy atom. The van der Waals surface area contributed by atoms with E-state index in [4.69, 9.17) is 15.2 Å². The fourth-order valence-corrected chi connectivity index (χ4v) is 4.30. The molecule has 0 aliphatic carbocycles. The molecule has 1 fully saturated rings. The van der Waals surface area contributed by atoms with E-state index in [9.17, 15) is 27.2 Å². The van der Waals surface area contributed by atoms with Gasteiger partial charge in [-0.1, -0.05) is 0 Å². The van der Waals surface area contributed by atoms with Crippen LogP contribution in [-0.4, -0.2) is 49.3 Å². The van der Waals surface area contributed by atoms with Gasteiger partial charge in [0.25, 0.3) is 11.8 Å². The predicted octanol–water partition coefficient (Wildman–Crippen LogP) is 4.43. The van der Waals surface area contributed by atoms with E-state index < -0.39 is 42.0 Å². The molecular weight excluding hydrogens is 544 g/mol. The molecule has 1 aliphatic heterocycles. The number of hydrogen-bond donors (Lipinski definition) is 3. The number of amides is 2. The van der Waals surface area contributed by atoms with Crippen LogP contribution in [0.1, 0.15) is 47.8 Å². The van der Waals surface area contributed by atoms with E-state index >= 15 is 0 Å². The quantitative estimate of drug-likeness (QED) is 0.326. The lowest BCUT2D eigenvalue weighted by atomic mass is 9.91. The van der Waals surface area contributed by atoms with Gasteiger partial charge in [0.2, 0.25) is 0 Å². The predicted molar refractivity (Wildman–Crippen MR) is 143 cm³/mol. The number of halogens is 4. The van der Waals surface area contributed by atoms with Gasteiger partial charge < -0.3 is 25.8 Å². The minimum Gasteiger partial charge on any atom is -0.493 e. The molecule has 8 nitrogen and oxygen atoms in total. The van der Waals surface area contributed by atoms with E-state index in [1.807, 2.05) is 0 Å². The third-order valence-electron chi connectivity index (χ3n) is 6.64. The van der Waals surface area contributed by atoms with Gasteiger partial charge in [0.15, 0.2) is 17.6 Å². The third-order valence-corrected chi connectivity index (χ3v) is 6.64. The molecule has 2 heterocycles. The molecular formula is C29H30F4N4O4. The van der Waals surface area contributed by atoms with Gasteiger partial charge in [-0.3, -0.25) is 14.6 Å². The molecule has 0 saturated carbocycles. The highest BCUT2D eigenvalue weighted by Gasteiger charge is 2.42. The molecule has 0 radical (unpaired) electrons. The van der Waals surface area contributed by atoms with Crippen LogP contribution >= 0.6 is 0 Å². The summed E-state index contributed by atoms with van der Waals surface area (Å²) in [5.41, 5.74) is 5.88. The fraction of sp³-hybridized carbons (Fsp3) is 0.345. The van der Waals surface area contributed by atoms with Crippen LogP contribution in [0.15, 0.2) is 54.6 Å². The number of aromatic nitrogens is 1. The van der Waals surface area contributed by atoms with Gasteiger partial charge in [-0.25, -0.2) is 4.39 Å². The highest BCUT2D eigenvalue weighted by atomic mass is 19.4. The number of nitrogens with two attached hydrogens (primary N) is 1. The molecule has 3 aromatic rings. The van der Waals surface area contributed by atoms with E-state index in [0.29, 0.717) is 24.1 Å². The maximum atomic E-state index is 14.3. The van der Waals surface area contributed by atoms with Gasteiger partial charge in [-0.05, 0) is 74.0 Å². The summed E-state index contributed by atoms with van der Waals surface area (Å²) in [4.78, 5) is 29.0. The summed E-state index contributed by atoms with van der Waals surface area (Å²) in [6.45, 7) is 2.95. The molecule has 0 spiro atoms. The van der Waals surface area contributed by atoms with Crippen LogP contribution in [0.3, 0.4) is 0 Å². The van der Waals surface area contributed by atoms with Gasteiger partial charge in [0.1, 0.15) is 11.7 Å². The SMILES string of the molecule is COc1cc(C(=O)NCC(c2cc(C(C)(C)N)cc(-c3ccc(F)cc3)n2)C(F)(F)F)ccc1O[C@H]1CCNC1=O. The summed E-state index contributed by atoms with van der Waals surface area (Å²) in [6, 6.07) is 12.1. The zero-order valence-electron chi connectivity index (χ0n) is 22.6. The van der Waals surface area contributed by atoms with Crippen LogP contribution in [0.25, 0.3) is 11.3 Å². The number of nitrogens with zero attached hydrogens (tertiary/aromatic N) is 1. The molecule has 2 amide bonds. The molecule has 1 saturated heterocycles. The number of hydrogen-bond acceptors (Lipinski definition) is 6. The average molecular weight is 575 g/mol.